The van der Waals surface area contributed by atoms with E-state index in [-0.39, 0.29) is 27.7 Å². The lowest BCUT2D eigenvalue weighted by atomic mass is 10.1. The van der Waals surface area contributed by atoms with Gasteiger partial charge >= 0.3 is 6.18 Å². The van der Waals surface area contributed by atoms with E-state index in [1.165, 1.54) is 37.4 Å². The first-order valence-corrected chi connectivity index (χ1v) is 12.2. The lowest BCUT2D eigenvalue weighted by molar-refractivity contribution is -0.137. The monoisotopic (exact) mass is 526 g/mol. The number of ether oxygens (including phenoxy) is 1. The highest BCUT2D eigenvalue weighted by molar-refractivity contribution is 7.89. The summed E-state index contributed by atoms with van der Waals surface area (Å²) >= 11 is 5.98. The third kappa shape index (κ3) is 6.33. The lowest BCUT2D eigenvalue weighted by Crippen LogP contribution is -2.27. The first-order valence-electron chi connectivity index (χ1n) is 10.4. The fourth-order valence-electron chi connectivity index (χ4n) is 3.23. The summed E-state index contributed by atoms with van der Waals surface area (Å²) in [5.41, 5.74) is -0.679. The van der Waals surface area contributed by atoms with E-state index < -0.39 is 27.7 Å². The van der Waals surface area contributed by atoms with Gasteiger partial charge in [0, 0.05) is 24.7 Å². The molecule has 0 aliphatic heterocycles. The number of carbonyl (C=O) groups is 1. The summed E-state index contributed by atoms with van der Waals surface area (Å²) in [5.74, 6) is -0.347. The number of hydrogen-bond acceptors (Lipinski definition) is 4. The Morgan fingerprint density at radius 2 is 1.74 bits per heavy atom. The second-order valence-electron chi connectivity index (χ2n) is 7.48. The van der Waals surface area contributed by atoms with Crippen LogP contribution in [0.25, 0.3) is 0 Å². The molecule has 0 bridgehead atoms. The fraction of sp³-hybridized carbons (Fsp3) is 0.208. The molecule has 1 amide bonds. The standard InChI is InChI=1S/C24H22ClF3N2O4S/c1-3-34-22-12-9-16(23(31)29-21-14-18(24(26,27)28)10-11-20(21)25)13-17(22)15-30(2)35(32,33)19-7-5-4-6-8-19/h4-14H,3,15H2,1-2H3,(H,29,31). The molecule has 0 heterocycles. The predicted octanol–water partition coefficient (Wildman–Crippen LogP) is 5.83. The summed E-state index contributed by atoms with van der Waals surface area (Å²) in [4.78, 5) is 12.9. The Kier molecular flexibility index (Phi) is 8.09. The van der Waals surface area contributed by atoms with E-state index >= 15 is 0 Å². The summed E-state index contributed by atoms with van der Waals surface area (Å²) in [6.07, 6.45) is -4.61. The summed E-state index contributed by atoms with van der Waals surface area (Å²) in [5, 5.41) is 2.32. The minimum absolute atomic E-state index is 0.0637. The second kappa shape index (κ2) is 10.7. The van der Waals surface area contributed by atoms with Gasteiger partial charge in [-0.05, 0) is 55.5 Å². The number of nitrogens with one attached hydrogen (secondary N) is 1. The molecule has 0 spiro atoms. The van der Waals surface area contributed by atoms with Crippen molar-refractivity contribution >= 4 is 33.2 Å². The van der Waals surface area contributed by atoms with Gasteiger partial charge in [-0.15, -0.1) is 0 Å². The molecule has 0 aliphatic carbocycles. The Morgan fingerprint density at radius 3 is 2.37 bits per heavy atom. The van der Waals surface area contributed by atoms with Gasteiger partial charge in [0.2, 0.25) is 10.0 Å². The SMILES string of the molecule is CCOc1ccc(C(=O)Nc2cc(C(F)(F)F)ccc2Cl)cc1CN(C)S(=O)(=O)c1ccccc1. The van der Waals surface area contributed by atoms with Gasteiger partial charge in [0.25, 0.3) is 5.91 Å². The Bertz CT molecular complexity index is 1320. The minimum atomic E-state index is -4.61. The number of anilines is 1. The number of sulfonamides is 1. The molecule has 0 unspecified atom stereocenters. The van der Waals surface area contributed by atoms with E-state index in [1.54, 1.807) is 25.1 Å². The molecule has 0 saturated heterocycles. The van der Waals surface area contributed by atoms with Crippen LogP contribution in [0.4, 0.5) is 18.9 Å². The van der Waals surface area contributed by atoms with Crippen molar-refractivity contribution in [2.24, 2.45) is 0 Å². The average molecular weight is 527 g/mol. The Morgan fingerprint density at radius 1 is 1.06 bits per heavy atom. The van der Waals surface area contributed by atoms with Gasteiger partial charge in [-0.3, -0.25) is 4.79 Å². The maximum atomic E-state index is 13.0. The molecule has 3 aromatic rings. The number of halogens is 4. The summed E-state index contributed by atoms with van der Waals surface area (Å²) < 4.78 is 71.7. The lowest BCUT2D eigenvalue weighted by Gasteiger charge is -2.20. The van der Waals surface area contributed by atoms with Crippen LogP contribution in [0, 0.1) is 0 Å². The van der Waals surface area contributed by atoms with Crippen molar-refractivity contribution in [3.8, 4) is 5.75 Å². The largest absolute Gasteiger partial charge is 0.494 e. The predicted molar refractivity (Wildman–Crippen MR) is 127 cm³/mol. The molecular formula is C24H22ClF3N2O4S. The molecule has 3 aromatic carbocycles. The van der Waals surface area contributed by atoms with Gasteiger partial charge in [-0.2, -0.15) is 17.5 Å². The molecule has 0 aromatic heterocycles. The zero-order valence-corrected chi connectivity index (χ0v) is 20.3. The molecule has 6 nitrogen and oxygen atoms in total. The van der Waals surface area contributed by atoms with Crippen LogP contribution >= 0.6 is 11.6 Å². The van der Waals surface area contributed by atoms with Crippen LogP contribution < -0.4 is 10.1 Å². The number of benzene rings is 3. The summed E-state index contributed by atoms with van der Waals surface area (Å²) in [6.45, 7) is 1.94. The van der Waals surface area contributed by atoms with E-state index in [0.29, 0.717) is 17.9 Å². The molecular weight excluding hydrogens is 505 g/mol. The van der Waals surface area contributed by atoms with Crippen LogP contribution in [-0.2, 0) is 22.7 Å². The van der Waals surface area contributed by atoms with Crippen molar-refractivity contribution in [2.75, 3.05) is 19.0 Å². The van der Waals surface area contributed by atoms with Crippen molar-refractivity contribution in [1.29, 1.82) is 0 Å². The molecule has 0 aliphatic rings. The first kappa shape index (κ1) is 26.5. The highest BCUT2D eigenvalue weighted by Crippen LogP contribution is 2.34. The average Bonchev–Trinajstić information content (AvgIpc) is 2.81. The molecule has 0 saturated carbocycles. The normalized spacial score (nSPS) is 12.0. The van der Waals surface area contributed by atoms with Crippen LogP contribution in [0.15, 0.2) is 71.6 Å². The van der Waals surface area contributed by atoms with E-state index in [0.717, 1.165) is 22.5 Å². The maximum absolute atomic E-state index is 13.0. The van der Waals surface area contributed by atoms with Gasteiger partial charge < -0.3 is 10.1 Å². The first-order chi connectivity index (χ1) is 16.4. The highest BCUT2D eigenvalue weighted by atomic mass is 35.5. The molecule has 11 heteroatoms. The van der Waals surface area contributed by atoms with Crippen LogP contribution in [0.2, 0.25) is 5.02 Å². The Labute approximate surface area is 206 Å². The number of nitrogens with zero attached hydrogens (tertiary/aromatic N) is 1. The minimum Gasteiger partial charge on any atom is -0.494 e. The molecule has 186 valence electrons. The number of alkyl halides is 3. The zero-order valence-electron chi connectivity index (χ0n) is 18.8. The van der Waals surface area contributed by atoms with Gasteiger partial charge in [0.15, 0.2) is 0 Å². The summed E-state index contributed by atoms with van der Waals surface area (Å²) in [6, 6.07) is 14.8. The van der Waals surface area contributed by atoms with Crippen LogP contribution in [0.5, 0.6) is 5.75 Å². The smallest absolute Gasteiger partial charge is 0.416 e. The highest BCUT2D eigenvalue weighted by Gasteiger charge is 2.31. The van der Waals surface area contributed by atoms with Gasteiger partial charge in [0.05, 0.1) is 27.8 Å². The Balaban J connectivity index is 1.90. The van der Waals surface area contributed by atoms with Gasteiger partial charge in [-0.1, -0.05) is 29.8 Å². The topological polar surface area (TPSA) is 75.7 Å². The number of carbonyl (C=O) groups excluding carboxylic acids is 1. The zero-order chi connectivity index (χ0) is 25.8. The summed E-state index contributed by atoms with van der Waals surface area (Å²) in [7, 11) is -2.43. The van der Waals surface area contributed by atoms with Gasteiger partial charge in [0.1, 0.15) is 5.75 Å². The molecule has 35 heavy (non-hydrogen) atoms. The quantitative estimate of drug-likeness (QED) is 0.401. The van der Waals surface area contributed by atoms with Crippen molar-refractivity contribution in [1.82, 2.24) is 4.31 Å². The van der Waals surface area contributed by atoms with Crippen molar-refractivity contribution < 1.29 is 31.1 Å². The second-order valence-corrected chi connectivity index (χ2v) is 9.93. The third-order valence-electron chi connectivity index (χ3n) is 5.01. The number of amides is 1. The van der Waals surface area contributed by atoms with E-state index in [2.05, 4.69) is 5.32 Å². The van der Waals surface area contributed by atoms with E-state index in [1.807, 2.05) is 0 Å². The van der Waals surface area contributed by atoms with E-state index in [9.17, 15) is 26.4 Å². The van der Waals surface area contributed by atoms with Crippen molar-refractivity contribution in [3.05, 3.63) is 88.4 Å². The van der Waals surface area contributed by atoms with Crippen molar-refractivity contribution in [2.45, 2.75) is 24.5 Å². The molecule has 0 fully saturated rings. The van der Waals surface area contributed by atoms with Gasteiger partial charge in [-0.25, -0.2) is 8.42 Å². The molecule has 3 rings (SSSR count). The number of hydrogen-bond donors (Lipinski definition) is 1. The molecule has 0 atom stereocenters. The molecule has 0 radical (unpaired) electrons. The Hall–Kier alpha value is -3.08. The van der Waals surface area contributed by atoms with Crippen molar-refractivity contribution in [3.63, 3.8) is 0 Å². The number of rotatable bonds is 8. The maximum Gasteiger partial charge on any atom is 0.416 e. The third-order valence-corrected chi connectivity index (χ3v) is 7.16. The van der Waals surface area contributed by atoms with Crippen LogP contribution in [0.3, 0.4) is 0 Å². The fourth-order valence-corrected chi connectivity index (χ4v) is 4.56. The van der Waals surface area contributed by atoms with Crippen LogP contribution in [-0.4, -0.2) is 32.3 Å². The van der Waals surface area contributed by atoms with Crippen LogP contribution in [0.1, 0.15) is 28.4 Å². The molecule has 1 N–H and O–H groups in total. The van der Waals surface area contributed by atoms with E-state index in [4.69, 9.17) is 16.3 Å².